The Balaban J connectivity index is 1.91. The van der Waals surface area contributed by atoms with E-state index in [1.54, 1.807) is 24.0 Å². The van der Waals surface area contributed by atoms with Gasteiger partial charge in [0.05, 0.1) is 0 Å². The molecule has 1 amide bonds. The molecule has 1 aliphatic heterocycles. The summed E-state index contributed by atoms with van der Waals surface area (Å²) in [6, 6.07) is 2.23. The Morgan fingerprint density at radius 2 is 2.10 bits per heavy atom. The Labute approximate surface area is 120 Å². The highest BCUT2D eigenvalue weighted by Crippen LogP contribution is 2.12. The van der Waals surface area contributed by atoms with Crippen molar-refractivity contribution in [2.24, 2.45) is 12.8 Å². The molecule has 2 rings (SSSR count). The van der Waals surface area contributed by atoms with Crippen molar-refractivity contribution in [3.05, 3.63) is 18.0 Å². The third-order valence-electron chi connectivity index (χ3n) is 4.05. The molecule has 0 bridgehead atoms. The van der Waals surface area contributed by atoms with E-state index < -0.39 is 0 Å². The number of piperazine rings is 1. The lowest BCUT2D eigenvalue weighted by atomic mass is 10.1. The van der Waals surface area contributed by atoms with Gasteiger partial charge in [-0.25, -0.2) is 0 Å². The van der Waals surface area contributed by atoms with Crippen molar-refractivity contribution in [1.29, 1.82) is 0 Å². The number of aryl methyl sites for hydroxylation is 1. The van der Waals surface area contributed by atoms with Crippen LogP contribution in [0.25, 0.3) is 0 Å². The maximum atomic E-state index is 12.4. The molecule has 1 unspecified atom stereocenters. The molecular formula is C14H25N5O. The zero-order valence-corrected chi connectivity index (χ0v) is 12.5. The summed E-state index contributed by atoms with van der Waals surface area (Å²) in [7, 11) is 1.80. The van der Waals surface area contributed by atoms with Gasteiger partial charge < -0.3 is 10.6 Å². The van der Waals surface area contributed by atoms with Crippen LogP contribution in [0.1, 0.15) is 30.3 Å². The van der Waals surface area contributed by atoms with Gasteiger partial charge in [0.1, 0.15) is 5.69 Å². The summed E-state index contributed by atoms with van der Waals surface area (Å²) in [6.07, 6.45) is 3.94. The van der Waals surface area contributed by atoms with Crippen LogP contribution in [-0.4, -0.2) is 64.3 Å². The predicted octanol–water partition coefficient (Wildman–Crippen LogP) is 0.305. The van der Waals surface area contributed by atoms with Gasteiger partial charge in [0.2, 0.25) is 0 Å². The van der Waals surface area contributed by atoms with Gasteiger partial charge in [-0.3, -0.25) is 14.4 Å². The molecular weight excluding hydrogens is 254 g/mol. The topological polar surface area (TPSA) is 67.4 Å². The molecule has 1 atom stereocenters. The number of carbonyl (C=O) groups excluding carboxylic acids is 1. The first-order valence-corrected chi connectivity index (χ1v) is 7.38. The Kier molecular flexibility index (Phi) is 5.14. The monoisotopic (exact) mass is 279 g/mol. The molecule has 112 valence electrons. The first kappa shape index (κ1) is 15.0. The van der Waals surface area contributed by atoms with Gasteiger partial charge in [0, 0.05) is 52.0 Å². The van der Waals surface area contributed by atoms with E-state index in [2.05, 4.69) is 16.9 Å². The van der Waals surface area contributed by atoms with Crippen LogP contribution in [0.2, 0.25) is 0 Å². The quantitative estimate of drug-likeness (QED) is 0.842. The predicted molar refractivity (Wildman–Crippen MR) is 78.4 cm³/mol. The average molecular weight is 279 g/mol. The van der Waals surface area contributed by atoms with Crippen molar-refractivity contribution in [3.8, 4) is 0 Å². The molecule has 0 spiro atoms. The molecule has 0 saturated carbocycles. The molecule has 20 heavy (non-hydrogen) atoms. The van der Waals surface area contributed by atoms with Gasteiger partial charge in [0.25, 0.3) is 5.91 Å². The van der Waals surface area contributed by atoms with E-state index in [0.29, 0.717) is 18.3 Å². The zero-order chi connectivity index (χ0) is 14.5. The maximum absolute atomic E-state index is 12.4. The molecule has 1 aliphatic rings. The summed E-state index contributed by atoms with van der Waals surface area (Å²) in [4.78, 5) is 16.7. The minimum Gasteiger partial charge on any atom is -0.335 e. The second-order valence-corrected chi connectivity index (χ2v) is 5.35. The molecule has 0 aromatic carbocycles. The summed E-state index contributed by atoms with van der Waals surface area (Å²) >= 11 is 0. The third-order valence-corrected chi connectivity index (χ3v) is 4.05. The Bertz CT molecular complexity index is 437. The maximum Gasteiger partial charge on any atom is 0.272 e. The average Bonchev–Trinajstić information content (AvgIpc) is 2.90. The lowest BCUT2D eigenvalue weighted by molar-refractivity contribution is 0.0556. The minimum absolute atomic E-state index is 0.0736. The van der Waals surface area contributed by atoms with Gasteiger partial charge in [-0.05, 0) is 12.5 Å². The fourth-order valence-electron chi connectivity index (χ4n) is 2.82. The van der Waals surface area contributed by atoms with Crippen molar-refractivity contribution < 1.29 is 4.79 Å². The van der Waals surface area contributed by atoms with Crippen LogP contribution in [0.15, 0.2) is 12.3 Å². The van der Waals surface area contributed by atoms with Crippen molar-refractivity contribution in [1.82, 2.24) is 19.6 Å². The number of carbonyl (C=O) groups is 1. The summed E-state index contributed by atoms with van der Waals surface area (Å²) in [5.41, 5.74) is 6.50. The number of nitrogens with zero attached hydrogens (tertiary/aromatic N) is 4. The van der Waals surface area contributed by atoms with Crippen LogP contribution in [0.3, 0.4) is 0 Å². The van der Waals surface area contributed by atoms with E-state index in [1.807, 2.05) is 4.90 Å². The molecule has 1 saturated heterocycles. The third kappa shape index (κ3) is 3.19. The van der Waals surface area contributed by atoms with E-state index in [9.17, 15) is 4.79 Å². The molecule has 2 heterocycles. The van der Waals surface area contributed by atoms with Crippen LogP contribution < -0.4 is 5.73 Å². The molecule has 6 nitrogen and oxygen atoms in total. The van der Waals surface area contributed by atoms with Gasteiger partial charge in [0.15, 0.2) is 0 Å². The van der Waals surface area contributed by atoms with Gasteiger partial charge in [-0.2, -0.15) is 5.10 Å². The minimum atomic E-state index is 0.0736. The van der Waals surface area contributed by atoms with Crippen LogP contribution >= 0.6 is 0 Å². The highest BCUT2D eigenvalue weighted by Gasteiger charge is 2.26. The fraction of sp³-hybridized carbons (Fsp3) is 0.714. The zero-order valence-electron chi connectivity index (χ0n) is 12.5. The van der Waals surface area contributed by atoms with Crippen molar-refractivity contribution in [3.63, 3.8) is 0 Å². The molecule has 6 heteroatoms. The van der Waals surface area contributed by atoms with E-state index in [4.69, 9.17) is 5.73 Å². The number of hydrogen-bond donors (Lipinski definition) is 1. The first-order valence-electron chi connectivity index (χ1n) is 7.38. The number of amides is 1. The SMILES string of the molecule is CCCC(CN)N1CCN(C(=O)c2ccnn2C)CC1. The molecule has 1 aromatic rings. The van der Waals surface area contributed by atoms with Crippen LogP contribution in [0, 0.1) is 0 Å². The van der Waals surface area contributed by atoms with E-state index in [0.717, 1.165) is 39.0 Å². The van der Waals surface area contributed by atoms with Crippen LogP contribution in [0.5, 0.6) is 0 Å². The Morgan fingerprint density at radius 3 is 2.60 bits per heavy atom. The standard InChI is InChI=1S/C14H25N5O/c1-3-4-12(11-15)18-7-9-19(10-8-18)14(20)13-5-6-16-17(13)2/h5-6,12H,3-4,7-11,15H2,1-2H3. The lowest BCUT2D eigenvalue weighted by Crippen LogP contribution is -2.53. The molecule has 1 aromatic heterocycles. The van der Waals surface area contributed by atoms with Crippen molar-refractivity contribution >= 4 is 5.91 Å². The number of hydrogen-bond acceptors (Lipinski definition) is 4. The highest BCUT2D eigenvalue weighted by molar-refractivity contribution is 5.92. The number of nitrogens with two attached hydrogens (primary N) is 1. The molecule has 0 radical (unpaired) electrons. The second-order valence-electron chi connectivity index (χ2n) is 5.35. The fourth-order valence-corrected chi connectivity index (χ4v) is 2.82. The van der Waals surface area contributed by atoms with E-state index >= 15 is 0 Å². The highest BCUT2D eigenvalue weighted by atomic mass is 16.2. The molecule has 2 N–H and O–H groups in total. The number of aromatic nitrogens is 2. The largest absolute Gasteiger partial charge is 0.335 e. The van der Waals surface area contributed by atoms with Crippen LogP contribution in [-0.2, 0) is 7.05 Å². The van der Waals surface area contributed by atoms with Crippen molar-refractivity contribution in [2.45, 2.75) is 25.8 Å². The second kappa shape index (κ2) is 6.85. The molecule has 1 fully saturated rings. The van der Waals surface area contributed by atoms with E-state index in [1.165, 1.54) is 0 Å². The van der Waals surface area contributed by atoms with Gasteiger partial charge in [-0.15, -0.1) is 0 Å². The summed E-state index contributed by atoms with van der Waals surface area (Å²) < 4.78 is 1.63. The lowest BCUT2D eigenvalue weighted by Gasteiger charge is -2.38. The Hall–Kier alpha value is -1.40. The summed E-state index contributed by atoms with van der Waals surface area (Å²) in [5.74, 6) is 0.0736. The van der Waals surface area contributed by atoms with E-state index in [-0.39, 0.29) is 5.91 Å². The van der Waals surface area contributed by atoms with Gasteiger partial charge in [-0.1, -0.05) is 13.3 Å². The Morgan fingerprint density at radius 1 is 1.40 bits per heavy atom. The van der Waals surface area contributed by atoms with Crippen molar-refractivity contribution in [2.75, 3.05) is 32.7 Å². The molecule has 0 aliphatic carbocycles. The van der Waals surface area contributed by atoms with Crippen LogP contribution in [0.4, 0.5) is 0 Å². The summed E-state index contributed by atoms with van der Waals surface area (Å²) in [5, 5.41) is 4.06. The number of rotatable bonds is 5. The normalized spacial score (nSPS) is 18.2. The first-order chi connectivity index (χ1) is 9.67. The summed E-state index contributed by atoms with van der Waals surface area (Å²) in [6.45, 7) is 6.24. The van der Waals surface area contributed by atoms with Gasteiger partial charge >= 0.3 is 0 Å². The smallest absolute Gasteiger partial charge is 0.272 e.